The van der Waals surface area contributed by atoms with Crippen LogP contribution >= 0.6 is 0 Å². The molecule has 0 fully saturated rings. The third-order valence-corrected chi connectivity index (χ3v) is 4.45. The Hall–Kier alpha value is -2.24. The lowest BCUT2D eigenvalue weighted by Gasteiger charge is -2.17. The number of aryl methyl sites for hydroxylation is 1. The van der Waals surface area contributed by atoms with Gasteiger partial charge in [-0.15, -0.1) is 0 Å². The zero-order valence-electron chi connectivity index (χ0n) is 15.2. The molecule has 26 heavy (non-hydrogen) atoms. The van der Waals surface area contributed by atoms with Crippen LogP contribution < -0.4 is 5.32 Å². The summed E-state index contributed by atoms with van der Waals surface area (Å²) >= 11 is 0. The number of hydrogen-bond donors (Lipinski definition) is 2. The highest BCUT2D eigenvalue weighted by molar-refractivity contribution is 5.69. The van der Waals surface area contributed by atoms with Crippen LogP contribution in [0.25, 0.3) is 0 Å². The molecule has 0 saturated heterocycles. The molecule has 0 aliphatic carbocycles. The molecule has 2 aromatic rings. The molecule has 2 aromatic carbocycles. The molecular formula is C21H26FNO3. The number of carbonyl (C=O) groups excluding carboxylic acids is 1. The van der Waals surface area contributed by atoms with Crippen LogP contribution in [0.4, 0.5) is 4.39 Å². The second-order valence-electron chi connectivity index (χ2n) is 6.41. The van der Waals surface area contributed by atoms with E-state index in [2.05, 4.69) is 17.0 Å². The second kappa shape index (κ2) is 10.0. The minimum absolute atomic E-state index is 0.208. The van der Waals surface area contributed by atoms with Crippen LogP contribution in [0.15, 0.2) is 48.5 Å². The Morgan fingerprint density at radius 2 is 1.85 bits per heavy atom. The van der Waals surface area contributed by atoms with Crippen LogP contribution in [0.5, 0.6) is 0 Å². The normalized spacial score (nSPS) is 13.2. The molecule has 0 aromatic heterocycles. The van der Waals surface area contributed by atoms with Crippen molar-refractivity contribution in [2.24, 2.45) is 0 Å². The van der Waals surface area contributed by atoms with Crippen molar-refractivity contribution in [3.63, 3.8) is 0 Å². The molecular weight excluding hydrogens is 333 g/mol. The first-order valence-corrected chi connectivity index (χ1v) is 8.80. The highest BCUT2D eigenvalue weighted by Gasteiger charge is 2.13. The standard InChI is InChI=1S/C21H26FNO3/c1-15(13-23-14-20(24)18-5-3-4-6-19(18)22)17-10-7-16(8-11-17)9-12-21(25)26-2/h3-8,10-11,15,20,23-24H,9,12-14H2,1-2H3. The third-order valence-electron chi connectivity index (χ3n) is 4.45. The molecule has 0 aliphatic rings. The van der Waals surface area contributed by atoms with Crippen molar-refractivity contribution >= 4 is 5.97 Å². The fraction of sp³-hybridized carbons (Fsp3) is 0.381. The number of rotatable bonds is 9. The van der Waals surface area contributed by atoms with Gasteiger partial charge in [0.1, 0.15) is 5.82 Å². The van der Waals surface area contributed by atoms with Gasteiger partial charge in [-0.1, -0.05) is 49.4 Å². The number of methoxy groups -OCH3 is 1. The van der Waals surface area contributed by atoms with Crippen molar-refractivity contribution in [1.29, 1.82) is 0 Å². The predicted octanol–water partition coefficient (Wildman–Crippen LogP) is 3.36. The molecule has 2 rings (SSSR count). The summed E-state index contributed by atoms with van der Waals surface area (Å²) in [5.74, 6) is -0.352. The third kappa shape index (κ3) is 5.93. The zero-order valence-corrected chi connectivity index (χ0v) is 15.2. The topological polar surface area (TPSA) is 58.6 Å². The highest BCUT2D eigenvalue weighted by atomic mass is 19.1. The number of benzene rings is 2. The van der Waals surface area contributed by atoms with E-state index in [0.717, 1.165) is 5.56 Å². The number of ether oxygens (including phenoxy) is 1. The lowest BCUT2D eigenvalue weighted by Crippen LogP contribution is -2.26. The van der Waals surface area contributed by atoms with E-state index in [1.54, 1.807) is 18.2 Å². The fourth-order valence-electron chi connectivity index (χ4n) is 2.77. The number of esters is 1. The molecule has 2 atom stereocenters. The number of halogens is 1. The lowest BCUT2D eigenvalue weighted by atomic mass is 9.98. The van der Waals surface area contributed by atoms with Gasteiger partial charge < -0.3 is 15.2 Å². The summed E-state index contributed by atoms with van der Waals surface area (Å²) in [6.45, 7) is 3.06. The SMILES string of the molecule is COC(=O)CCc1ccc(C(C)CNCC(O)c2ccccc2F)cc1. The Morgan fingerprint density at radius 3 is 2.50 bits per heavy atom. The minimum Gasteiger partial charge on any atom is -0.469 e. The van der Waals surface area contributed by atoms with Crippen LogP contribution in [0.1, 0.15) is 42.1 Å². The molecule has 4 nitrogen and oxygen atoms in total. The maximum atomic E-state index is 13.6. The van der Waals surface area contributed by atoms with Crippen molar-refractivity contribution in [3.05, 3.63) is 71.0 Å². The van der Waals surface area contributed by atoms with E-state index >= 15 is 0 Å². The molecule has 0 radical (unpaired) electrons. The summed E-state index contributed by atoms with van der Waals surface area (Å²) in [5, 5.41) is 13.3. The lowest BCUT2D eigenvalue weighted by molar-refractivity contribution is -0.140. The Kier molecular flexibility index (Phi) is 7.75. The maximum absolute atomic E-state index is 13.6. The van der Waals surface area contributed by atoms with E-state index in [4.69, 9.17) is 0 Å². The van der Waals surface area contributed by atoms with E-state index in [1.165, 1.54) is 18.7 Å². The molecule has 0 saturated carbocycles. The van der Waals surface area contributed by atoms with Gasteiger partial charge in [-0.3, -0.25) is 4.79 Å². The van der Waals surface area contributed by atoms with Crippen LogP contribution in [0.2, 0.25) is 0 Å². The van der Waals surface area contributed by atoms with Gasteiger partial charge in [0.05, 0.1) is 13.2 Å². The van der Waals surface area contributed by atoms with Gasteiger partial charge in [-0.2, -0.15) is 0 Å². The van der Waals surface area contributed by atoms with Crippen LogP contribution in [-0.2, 0) is 16.0 Å². The zero-order chi connectivity index (χ0) is 18.9. The summed E-state index contributed by atoms with van der Waals surface area (Å²) in [5.41, 5.74) is 2.57. The maximum Gasteiger partial charge on any atom is 0.305 e. The van der Waals surface area contributed by atoms with Gasteiger partial charge in [0.15, 0.2) is 0 Å². The Balaban J connectivity index is 1.79. The number of carbonyl (C=O) groups is 1. The molecule has 0 spiro atoms. The molecule has 2 unspecified atom stereocenters. The summed E-state index contributed by atoms with van der Waals surface area (Å²) in [6.07, 6.45) is 0.166. The van der Waals surface area contributed by atoms with Crippen LogP contribution in [-0.4, -0.2) is 31.3 Å². The van der Waals surface area contributed by atoms with Gasteiger partial charge in [0.2, 0.25) is 0 Å². The largest absolute Gasteiger partial charge is 0.469 e. The number of aliphatic hydroxyl groups is 1. The van der Waals surface area contributed by atoms with Crippen molar-refractivity contribution in [2.75, 3.05) is 20.2 Å². The second-order valence-corrected chi connectivity index (χ2v) is 6.41. The van der Waals surface area contributed by atoms with Crippen LogP contribution in [0, 0.1) is 5.82 Å². The summed E-state index contributed by atoms with van der Waals surface area (Å²) in [4.78, 5) is 11.2. The van der Waals surface area contributed by atoms with E-state index in [9.17, 15) is 14.3 Å². The van der Waals surface area contributed by atoms with E-state index in [-0.39, 0.29) is 11.9 Å². The Bertz CT molecular complexity index is 703. The van der Waals surface area contributed by atoms with Crippen LogP contribution in [0.3, 0.4) is 0 Å². The predicted molar refractivity (Wildman–Crippen MR) is 99.4 cm³/mol. The first-order valence-electron chi connectivity index (χ1n) is 8.80. The summed E-state index contributed by atoms with van der Waals surface area (Å²) in [6, 6.07) is 14.4. The van der Waals surface area contributed by atoms with Gasteiger partial charge in [-0.05, 0) is 29.5 Å². The monoisotopic (exact) mass is 359 g/mol. The minimum atomic E-state index is -0.871. The van der Waals surface area contributed by atoms with Gasteiger partial charge in [0, 0.05) is 25.1 Å². The summed E-state index contributed by atoms with van der Waals surface area (Å²) < 4.78 is 18.3. The Morgan fingerprint density at radius 1 is 1.15 bits per heavy atom. The van der Waals surface area contributed by atoms with Crippen molar-refractivity contribution in [1.82, 2.24) is 5.32 Å². The first kappa shape index (κ1) is 20.1. The average molecular weight is 359 g/mol. The number of nitrogens with one attached hydrogen (secondary N) is 1. The molecule has 0 bridgehead atoms. The molecule has 0 amide bonds. The van der Waals surface area contributed by atoms with Gasteiger partial charge in [0.25, 0.3) is 0 Å². The van der Waals surface area contributed by atoms with Crippen molar-refractivity contribution < 1.29 is 19.0 Å². The quantitative estimate of drug-likeness (QED) is 0.674. The first-order chi connectivity index (χ1) is 12.5. The highest BCUT2D eigenvalue weighted by Crippen LogP contribution is 2.18. The fourth-order valence-corrected chi connectivity index (χ4v) is 2.77. The van der Waals surface area contributed by atoms with E-state index in [1.807, 2.05) is 24.3 Å². The molecule has 0 heterocycles. The average Bonchev–Trinajstić information content (AvgIpc) is 2.66. The number of aliphatic hydroxyl groups excluding tert-OH is 1. The molecule has 140 valence electrons. The molecule has 5 heteroatoms. The van der Waals surface area contributed by atoms with Gasteiger partial charge >= 0.3 is 5.97 Å². The Labute approximate surface area is 154 Å². The molecule has 2 N–H and O–H groups in total. The summed E-state index contributed by atoms with van der Waals surface area (Å²) in [7, 11) is 1.39. The molecule has 0 aliphatic heterocycles. The number of hydrogen-bond acceptors (Lipinski definition) is 4. The van der Waals surface area contributed by atoms with Crippen molar-refractivity contribution in [3.8, 4) is 0 Å². The van der Waals surface area contributed by atoms with Crippen molar-refractivity contribution in [2.45, 2.75) is 31.8 Å². The smallest absolute Gasteiger partial charge is 0.305 e. The van der Waals surface area contributed by atoms with Gasteiger partial charge in [-0.25, -0.2) is 4.39 Å². The van der Waals surface area contributed by atoms with E-state index in [0.29, 0.717) is 31.5 Å². The van der Waals surface area contributed by atoms with E-state index < -0.39 is 11.9 Å².